The standard InChI is InChI=1S/C34H21I/c35-24-19-20-31-32(21-24)34(28-18-8-12-23-10-2-4-14-26(23)28)30-16-6-5-15-29(30)33(31)27-17-7-11-22-9-1-3-13-25(22)27/h1-21H. The molecule has 7 rings (SSSR count). The summed E-state index contributed by atoms with van der Waals surface area (Å²) >= 11 is 2.45. The fraction of sp³-hybridized carbons (Fsp3) is 0. The lowest BCUT2D eigenvalue weighted by molar-refractivity contribution is 1.67. The molecule has 0 radical (unpaired) electrons. The molecule has 0 saturated heterocycles. The van der Waals surface area contributed by atoms with Crippen LogP contribution in [0.2, 0.25) is 0 Å². The highest BCUT2D eigenvalue weighted by Gasteiger charge is 2.19. The molecular weight excluding hydrogens is 535 g/mol. The first-order valence-corrected chi connectivity index (χ1v) is 13.0. The van der Waals surface area contributed by atoms with Gasteiger partial charge in [0.2, 0.25) is 0 Å². The summed E-state index contributed by atoms with van der Waals surface area (Å²) in [6.07, 6.45) is 0. The molecule has 0 heterocycles. The van der Waals surface area contributed by atoms with E-state index >= 15 is 0 Å². The zero-order valence-electron chi connectivity index (χ0n) is 19.0. The first kappa shape index (κ1) is 20.7. The Hall–Kier alpha value is -3.69. The van der Waals surface area contributed by atoms with Crippen molar-refractivity contribution in [3.63, 3.8) is 0 Å². The van der Waals surface area contributed by atoms with E-state index in [1.165, 1.54) is 68.9 Å². The Labute approximate surface area is 218 Å². The Balaban J connectivity index is 1.72. The van der Waals surface area contributed by atoms with E-state index in [1.807, 2.05) is 0 Å². The Morgan fingerprint density at radius 3 is 1.34 bits per heavy atom. The fourth-order valence-electron chi connectivity index (χ4n) is 5.62. The molecule has 0 aliphatic rings. The van der Waals surface area contributed by atoms with Crippen LogP contribution < -0.4 is 0 Å². The summed E-state index contributed by atoms with van der Waals surface area (Å²) in [5.74, 6) is 0. The molecule has 7 aromatic carbocycles. The SMILES string of the molecule is Ic1ccc2c(-c3cccc4ccccc34)c3ccccc3c(-c3cccc4ccccc34)c2c1. The van der Waals surface area contributed by atoms with Gasteiger partial charge in [0.15, 0.2) is 0 Å². The molecule has 7 aromatic rings. The monoisotopic (exact) mass is 556 g/mol. The van der Waals surface area contributed by atoms with Gasteiger partial charge < -0.3 is 0 Å². The molecule has 0 aromatic heterocycles. The van der Waals surface area contributed by atoms with Crippen LogP contribution in [0.5, 0.6) is 0 Å². The van der Waals surface area contributed by atoms with Gasteiger partial charge in [-0.3, -0.25) is 0 Å². The van der Waals surface area contributed by atoms with Crippen LogP contribution in [-0.4, -0.2) is 0 Å². The number of hydrogen-bond acceptors (Lipinski definition) is 0. The van der Waals surface area contributed by atoms with Crippen molar-refractivity contribution < 1.29 is 0 Å². The van der Waals surface area contributed by atoms with E-state index in [1.54, 1.807) is 0 Å². The number of rotatable bonds is 2. The summed E-state index contributed by atoms with van der Waals surface area (Å²) in [5.41, 5.74) is 5.20. The normalized spacial score (nSPS) is 11.6. The lowest BCUT2D eigenvalue weighted by atomic mass is 9.84. The highest BCUT2D eigenvalue weighted by Crippen LogP contribution is 2.46. The Kier molecular flexibility index (Phi) is 4.85. The van der Waals surface area contributed by atoms with Crippen molar-refractivity contribution in [2.75, 3.05) is 0 Å². The van der Waals surface area contributed by atoms with Gasteiger partial charge in [-0.2, -0.15) is 0 Å². The van der Waals surface area contributed by atoms with Gasteiger partial charge in [0, 0.05) is 3.57 Å². The predicted octanol–water partition coefficient (Wildman–Crippen LogP) is 10.2. The van der Waals surface area contributed by atoms with Crippen LogP contribution in [0, 0.1) is 3.57 Å². The third kappa shape index (κ3) is 3.26. The maximum atomic E-state index is 2.45. The summed E-state index contributed by atoms with van der Waals surface area (Å²) in [5, 5.41) is 10.3. The van der Waals surface area contributed by atoms with Gasteiger partial charge in [-0.15, -0.1) is 0 Å². The maximum absolute atomic E-state index is 2.45. The summed E-state index contributed by atoms with van der Waals surface area (Å²) in [6, 6.07) is 46.6. The van der Waals surface area contributed by atoms with Crippen LogP contribution in [0.4, 0.5) is 0 Å². The van der Waals surface area contributed by atoms with Gasteiger partial charge in [-0.25, -0.2) is 0 Å². The second kappa shape index (κ2) is 8.21. The van der Waals surface area contributed by atoms with E-state index in [4.69, 9.17) is 0 Å². The van der Waals surface area contributed by atoms with Crippen molar-refractivity contribution in [1.82, 2.24) is 0 Å². The number of hydrogen-bond donors (Lipinski definition) is 0. The molecule has 0 aliphatic heterocycles. The summed E-state index contributed by atoms with van der Waals surface area (Å²) in [4.78, 5) is 0. The zero-order chi connectivity index (χ0) is 23.4. The van der Waals surface area contributed by atoms with Crippen molar-refractivity contribution in [1.29, 1.82) is 0 Å². The van der Waals surface area contributed by atoms with Gasteiger partial charge in [0.25, 0.3) is 0 Å². The average molecular weight is 556 g/mol. The lowest BCUT2D eigenvalue weighted by Gasteiger charge is -2.20. The molecule has 0 N–H and O–H groups in total. The minimum absolute atomic E-state index is 1.25. The van der Waals surface area contributed by atoms with Gasteiger partial charge in [-0.1, -0.05) is 115 Å². The van der Waals surface area contributed by atoms with Crippen LogP contribution in [0.25, 0.3) is 65.3 Å². The van der Waals surface area contributed by atoms with Crippen LogP contribution in [0.3, 0.4) is 0 Å². The molecule has 0 nitrogen and oxygen atoms in total. The van der Waals surface area contributed by atoms with Crippen molar-refractivity contribution in [2.45, 2.75) is 0 Å². The highest BCUT2D eigenvalue weighted by molar-refractivity contribution is 14.1. The van der Waals surface area contributed by atoms with Gasteiger partial charge in [0.1, 0.15) is 0 Å². The van der Waals surface area contributed by atoms with Crippen LogP contribution in [0.1, 0.15) is 0 Å². The van der Waals surface area contributed by atoms with E-state index in [0.717, 1.165) is 0 Å². The van der Waals surface area contributed by atoms with E-state index in [-0.39, 0.29) is 0 Å². The lowest BCUT2D eigenvalue weighted by Crippen LogP contribution is -1.93. The molecule has 0 amide bonds. The maximum Gasteiger partial charge on any atom is 0.0136 e. The largest absolute Gasteiger partial charge is 0.0616 e. The van der Waals surface area contributed by atoms with Crippen LogP contribution in [-0.2, 0) is 0 Å². The smallest absolute Gasteiger partial charge is 0.0136 e. The molecule has 164 valence electrons. The topological polar surface area (TPSA) is 0 Å². The quantitative estimate of drug-likeness (QED) is 0.147. The first-order chi connectivity index (χ1) is 17.3. The van der Waals surface area contributed by atoms with E-state index in [0.29, 0.717) is 0 Å². The second-order valence-electron chi connectivity index (χ2n) is 9.04. The molecule has 1 heteroatoms. The molecule has 0 spiro atoms. The Morgan fingerprint density at radius 1 is 0.343 bits per heavy atom. The number of fused-ring (bicyclic) bond motifs is 4. The molecule has 35 heavy (non-hydrogen) atoms. The van der Waals surface area contributed by atoms with E-state index < -0.39 is 0 Å². The minimum atomic E-state index is 1.25. The van der Waals surface area contributed by atoms with Gasteiger partial charge >= 0.3 is 0 Å². The Bertz CT molecular complexity index is 1900. The third-order valence-corrected chi connectivity index (χ3v) is 7.77. The van der Waals surface area contributed by atoms with Gasteiger partial charge in [-0.05, 0) is 100 Å². The average Bonchev–Trinajstić information content (AvgIpc) is 2.91. The van der Waals surface area contributed by atoms with Crippen molar-refractivity contribution >= 4 is 65.7 Å². The predicted molar refractivity (Wildman–Crippen MR) is 160 cm³/mol. The zero-order valence-corrected chi connectivity index (χ0v) is 21.2. The molecule has 0 fully saturated rings. The second-order valence-corrected chi connectivity index (χ2v) is 10.3. The van der Waals surface area contributed by atoms with Crippen molar-refractivity contribution in [3.8, 4) is 22.3 Å². The summed E-state index contributed by atoms with van der Waals surface area (Å²) in [7, 11) is 0. The molecular formula is C34H21I. The molecule has 0 atom stereocenters. The van der Waals surface area contributed by atoms with Crippen molar-refractivity contribution in [3.05, 3.63) is 131 Å². The van der Waals surface area contributed by atoms with Gasteiger partial charge in [0.05, 0.1) is 0 Å². The molecule has 0 aliphatic carbocycles. The minimum Gasteiger partial charge on any atom is -0.0616 e. The Morgan fingerprint density at radius 2 is 0.771 bits per heavy atom. The molecule has 0 bridgehead atoms. The van der Waals surface area contributed by atoms with Crippen molar-refractivity contribution in [2.24, 2.45) is 0 Å². The van der Waals surface area contributed by atoms with Crippen LogP contribution >= 0.6 is 22.6 Å². The van der Waals surface area contributed by atoms with Crippen LogP contribution in [0.15, 0.2) is 127 Å². The first-order valence-electron chi connectivity index (χ1n) is 11.9. The third-order valence-electron chi connectivity index (χ3n) is 7.10. The van der Waals surface area contributed by atoms with E-state index in [2.05, 4.69) is 150 Å². The fourth-order valence-corrected chi connectivity index (χ4v) is 6.11. The number of benzene rings is 7. The highest BCUT2D eigenvalue weighted by atomic mass is 127. The van der Waals surface area contributed by atoms with E-state index in [9.17, 15) is 0 Å². The summed E-state index contributed by atoms with van der Waals surface area (Å²) in [6.45, 7) is 0. The molecule has 0 unspecified atom stereocenters. The molecule has 0 saturated carbocycles. The summed E-state index contributed by atoms with van der Waals surface area (Å²) < 4.78 is 1.25. The number of halogens is 1.